The van der Waals surface area contributed by atoms with E-state index in [-0.39, 0.29) is 6.42 Å². The summed E-state index contributed by atoms with van der Waals surface area (Å²) in [6, 6.07) is 3.88. The molecule has 0 saturated carbocycles. The van der Waals surface area contributed by atoms with E-state index in [0.29, 0.717) is 5.92 Å². The Labute approximate surface area is 115 Å². The molecule has 1 aliphatic heterocycles. The van der Waals surface area contributed by atoms with Crippen molar-refractivity contribution < 1.29 is 14.3 Å². The number of hydrogen-bond donors (Lipinski definition) is 1. The number of carboxylic acid groups (broad SMARTS) is 1. The summed E-state index contributed by atoms with van der Waals surface area (Å²) in [7, 11) is 0. The molecule has 1 saturated heterocycles. The van der Waals surface area contributed by atoms with Crippen LogP contribution in [0.5, 0.6) is 0 Å². The van der Waals surface area contributed by atoms with Crippen molar-refractivity contribution in [2.24, 2.45) is 5.92 Å². The lowest BCUT2D eigenvalue weighted by Crippen LogP contribution is -2.35. The fraction of sp³-hybridized carbons (Fsp3) is 0.615. The van der Waals surface area contributed by atoms with Crippen LogP contribution < -0.4 is 0 Å². The van der Waals surface area contributed by atoms with Crippen LogP contribution in [0.4, 0.5) is 0 Å². The van der Waals surface area contributed by atoms with Crippen LogP contribution in [-0.2, 0) is 11.3 Å². The van der Waals surface area contributed by atoms with E-state index in [1.807, 2.05) is 12.1 Å². The van der Waals surface area contributed by atoms with Crippen LogP contribution in [0.3, 0.4) is 0 Å². The zero-order valence-electron chi connectivity index (χ0n) is 10.3. The second-order valence-electron chi connectivity index (χ2n) is 4.88. The number of piperidine rings is 1. The van der Waals surface area contributed by atoms with E-state index in [2.05, 4.69) is 20.8 Å². The molecule has 2 rings (SSSR count). The lowest BCUT2D eigenvalue weighted by Gasteiger charge is -2.31. The average Bonchev–Trinajstić information content (AvgIpc) is 2.73. The maximum absolute atomic E-state index is 10.6. The minimum Gasteiger partial charge on any atom is -0.481 e. The number of hydrogen-bond acceptors (Lipinski definition) is 3. The van der Waals surface area contributed by atoms with Crippen molar-refractivity contribution in [3.63, 3.8) is 0 Å². The third-order valence-electron chi connectivity index (χ3n) is 3.38. The predicted octanol–water partition coefficient (Wildman–Crippen LogP) is 3.12. The zero-order valence-corrected chi connectivity index (χ0v) is 11.9. The lowest BCUT2D eigenvalue weighted by atomic mass is 9.93. The number of carboxylic acids is 1. The molecule has 1 unspecified atom stereocenters. The standard InChI is InChI=1S/C13H18BrNO3/c14-12-5-4-11(18-12)9-15-7-1-2-10(8-15)3-6-13(16)17/h4-5,10H,1-3,6-9H2,(H,16,17). The third kappa shape index (κ3) is 4.14. The highest BCUT2D eigenvalue weighted by Crippen LogP contribution is 2.23. The first-order valence-electron chi connectivity index (χ1n) is 6.32. The van der Waals surface area contributed by atoms with Gasteiger partial charge in [0.15, 0.2) is 4.67 Å². The van der Waals surface area contributed by atoms with Gasteiger partial charge in [0, 0.05) is 13.0 Å². The Morgan fingerprint density at radius 3 is 3.06 bits per heavy atom. The van der Waals surface area contributed by atoms with Crippen LogP contribution in [0.25, 0.3) is 0 Å². The van der Waals surface area contributed by atoms with Crippen molar-refractivity contribution in [1.29, 1.82) is 0 Å². The highest BCUT2D eigenvalue weighted by Gasteiger charge is 2.21. The van der Waals surface area contributed by atoms with Crippen molar-refractivity contribution in [2.75, 3.05) is 13.1 Å². The maximum atomic E-state index is 10.6. The summed E-state index contributed by atoms with van der Waals surface area (Å²) in [6.07, 6.45) is 3.36. The molecule has 1 fully saturated rings. The number of rotatable bonds is 5. The van der Waals surface area contributed by atoms with Gasteiger partial charge in [-0.15, -0.1) is 0 Å². The van der Waals surface area contributed by atoms with E-state index in [1.165, 1.54) is 0 Å². The summed E-state index contributed by atoms with van der Waals surface area (Å²) in [6.45, 7) is 2.86. The van der Waals surface area contributed by atoms with E-state index < -0.39 is 5.97 Å². The Morgan fingerprint density at radius 2 is 2.39 bits per heavy atom. The molecule has 0 radical (unpaired) electrons. The molecule has 0 aromatic carbocycles. The Hall–Kier alpha value is -0.810. The van der Waals surface area contributed by atoms with Crippen LogP contribution in [0.15, 0.2) is 21.2 Å². The molecule has 18 heavy (non-hydrogen) atoms. The van der Waals surface area contributed by atoms with Gasteiger partial charge in [-0.1, -0.05) is 0 Å². The Kier molecular flexibility index (Phi) is 4.83. The second kappa shape index (κ2) is 6.38. The molecule has 2 heterocycles. The van der Waals surface area contributed by atoms with Crippen molar-refractivity contribution in [2.45, 2.75) is 32.2 Å². The van der Waals surface area contributed by atoms with Gasteiger partial charge < -0.3 is 9.52 Å². The Morgan fingerprint density at radius 1 is 1.56 bits per heavy atom. The Balaban J connectivity index is 1.81. The number of likely N-dealkylation sites (tertiary alicyclic amines) is 1. The molecule has 1 N–H and O–H groups in total. The smallest absolute Gasteiger partial charge is 0.303 e. The van der Waals surface area contributed by atoms with Crippen molar-refractivity contribution in [1.82, 2.24) is 4.90 Å². The lowest BCUT2D eigenvalue weighted by molar-refractivity contribution is -0.137. The molecule has 0 bridgehead atoms. The van der Waals surface area contributed by atoms with Crippen molar-refractivity contribution in [3.8, 4) is 0 Å². The van der Waals surface area contributed by atoms with Gasteiger partial charge in [0.1, 0.15) is 5.76 Å². The topological polar surface area (TPSA) is 53.7 Å². The number of aliphatic carboxylic acids is 1. The van der Waals surface area contributed by atoms with Gasteiger partial charge in [0.05, 0.1) is 6.54 Å². The summed E-state index contributed by atoms with van der Waals surface area (Å²) >= 11 is 3.30. The highest BCUT2D eigenvalue weighted by molar-refractivity contribution is 9.10. The van der Waals surface area contributed by atoms with E-state index in [9.17, 15) is 4.79 Å². The second-order valence-corrected chi connectivity index (χ2v) is 5.66. The summed E-state index contributed by atoms with van der Waals surface area (Å²) in [5.74, 6) is 0.774. The molecule has 5 heteroatoms. The minimum absolute atomic E-state index is 0.283. The molecule has 1 aliphatic rings. The first kappa shape index (κ1) is 13.6. The normalized spacial score (nSPS) is 21.1. The van der Waals surface area contributed by atoms with Gasteiger partial charge in [-0.25, -0.2) is 0 Å². The van der Waals surface area contributed by atoms with E-state index in [4.69, 9.17) is 9.52 Å². The van der Waals surface area contributed by atoms with E-state index in [1.54, 1.807) is 0 Å². The Bertz CT molecular complexity index is 405. The van der Waals surface area contributed by atoms with Gasteiger partial charge in [0.2, 0.25) is 0 Å². The minimum atomic E-state index is -0.693. The quantitative estimate of drug-likeness (QED) is 0.907. The predicted molar refractivity (Wildman–Crippen MR) is 71.3 cm³/mol. The van der Waals surface area contributed by atoms with Crippen LogP contribution in [-0.4, -0.2) is 29.1 Å². The van der Waals surface area contributed by atoms with Crippen LogP contribution in [0.1, 0.15) is 31.4 Å². The third-order valence-corrected chi connectivity index (χ3v) is 3.80. The molecule has 1 atom stereocenters. The first-order chi connectivity index (χ1) is 8.63. The molecule has 0 spiro atoms. The fourth-order valence-corrected chi connectivity index (χ4v) is 2.86. The number of carbonyl (C=O) groups is 1. The number of nitrogens with zero attached hydrogens (tertiary/aromatic N) is 1. The number of furan rings is 1. The highest BCUT2D eigenvalue weighted by atomic mass is 79.9. The molecule has 1 aromatic rings. The van der Waals surface area contributed by atoms with Gasteiger partial charge >= 0.3 is 5.97 Å². The van der Waals surface area contributed by atoms with Crippen LogP contribution in [0.2, 0.25) is 0 Å². The van der Waals surface area contributed by atoms with E-state index >= 15 is 0 Å². The molecule has 0 aliphatic carbocycles. The van der Waals surface area contributed by atoms with Crippen molar-refractivity contribution in [3.05, 3.63) is 22.6 Å². The monoisotopic (exact) mass is 315 g/mol. The summed E-state index contributed by atoms with van der Waals surface area (Å²) in [4.78, 5) is 12.9. The largest absolute Gasteiger partial charge is 0.481 e. The molecular formula is C13H18BrNO3. The molecule has 4 nitrogen and oxygen atoms in total. The zero-order chi connectivity index (χ0) is 13.0. The molecule has 1 aromatic heterocycles. The van der Waals surface area contributed by atoms with Gasteiger partial charge in [-0.2, -0.15) is 0 Å². The molecule has 0 amide bonds. The molecule has 100 valence electrons. The summed E-state index contributed by atoms with van der Waals surface area (Å²) in [5, 5.41) is 8.71. The van der Waals surface area contributed by atoms with Gasteiger partial charge in [-0.3, -0.25) is 9.69 Å². The maximum Gasteiger partial charge on any atom is 0.303 e. The number of halogens is 1. The summed E-state index contributed by atoms with van der Waals surface area (Å²) in [5.41, 5.74) is 0. The van der Waals surface area contributed by atoms with Crippen LogP contribution >= 0.6 is 15.9 Å². The molecular weight excluding hydrogens is 298 g/mol. The first-order valence-corrected chi connectivity index (χ1v) is 7.11. The average molecular weight is 316 g/mol. The van der Waals surface area contributed by atoms with Crippen LogP contribution in [0, 0.1) is 5.92 Å². The SMILES string of the molecule is O=C(O)CCC1CCCN(Cc2ccc(Br)o2)C1. The van der Waals surface area contributed by atoms with Gasteiger partial charge in [-0.05, 0) is 59.8 Å². The summed E-state index contributed by atoms with van der Waals surface area (Å²) < 4.78 is 6.26. The fourth-order valence-electron chi connectivity index (χ4n) is 2.52. The van der Waals surface area contributed by atoms with Gasteiger partial charge in [0.25, 0.3) is 0 Å². The van der Waals surface area contributed by atoms with Crippen molar-refractivity contribution >= 4 is 21.9 Å². The van der Waals surface area contributed by atoms with E-state index in [0.717, 1.165) is 49.3 Å².